The zero-order valence-corrected chi connectivity index (χ0v) is 8.84. The van der Waals surface area contributed by atoms with E-state index < -0.39 is 0 Å². The van der Waals surface area contributed by atoms with E-state index in [2.05, 4.69) is 27.7 Å². The van der Waals surface area contributed by atoms with Gasteiger partial charge in [-0.25, -0.2) is 0 Å². The predicted octanol–water partition coefficient (Wildman–Crippen LogP) is 3.24. The first-order valence-electron chi connectivity index (χ1n) is 5.36. The average molecular weight is 170 g/mol. The van der Waals surface area contributed by atoms with Gasteiger partial charge in [-0.15, -0.1) is 0 Å². The molecule has 1 saturated heterocycles. The van der Waals surface area contributed by atoms with Crippen LogP contribution < -0.4 is 0 Å². The van der Waals surface area contributed by atoms with Crippen LogP contribution in [0.4, 0.5) is 0 Å². The highest BCUT2D eigenvalue weighted by Crippen LogP contribution is 2.35. The number of hydrogen-bond acceptors (Lipinski definition) is 1. The van der Waals surface area contributed by atoms with Gasteiger partial charge in [-0.05, 0) is 24.7 Å². The first-order valence-corrected chi connectivity index (χ1v) is 5.36. The van der Waals surface area contributed by atoms with Gasteiger partial charge in [0.25, 0.3) is 0 Å². The van der Waals surface area contributed by atoms with E-state index in [4.69, 9.17) is 4.74 Å². The first kappa shape index (κ1) is 10.0. The van der Waals surface area contributed by atoms with Crippen molar-refractivity contribution in [3.05, 3.63) is 0 Å². The minimum Gasteiger partial charge on any atom is -0.374 e. The highest BCUT2D eigenvalue weighted by molar-refractivity contribution is 4.84. The van der Waals surface area contributed by atoms with Gasteiger partial charge in [-0.2, -0.15) is 0 Å². The van der Waals surface area contributed by atoms with Crippen molar-refractivity contribution in [1.29, 1.82) is 0 Å². The minimum absolute atomic E-state index is 0.525. The SMILES string of the molecule is CCC[C@@H]1O[C@H](CC)[C@H](C)C1C. The van der Waals surface area contributed by atoms with E-state index in [0.717, 1.165) is 11.8 Å². The Labute approximate surface area is 76.5 Å². The number of rotatable bonds is 3. The fourth-order valence-electron chi connectivity index (χ4n) is 2.23. The monoisotopic (exact) mass is 170 g/mol. The molecule has 72 valence electrons. The smallest absolute Gasteiger partial charge is 0.0607 e. The summed E-state index contributed by atoms with van der Waals surface area (Å²) in [6.07, 6.45) is 4.72. The van der Waals surface area contributed by atoms with Crippen molar-refractivity contribution >= 4 is 0 Å². The fraction of sp³-hybridized carbons (Fsp3) is 1.00. The van der Waals surface area contributed by atoms with Crippen LogP contribution in [-0.2, 0) is 4.74 Å². The topological polar surface area (TPSA) is 9.23 Å². The third-order valence-corrected chi connectivity index (χ3v) is 3.33. The summed E-state index contributed by atoms with van der Waals surface area (Å²) in [6.45, 7) is 9.12. The Morgan fingerprint density at radius 2 is 1.58 bits per heavy atom. The molecule has 0 aromatic rings. The molecule has 0 aromatic carbocycles. The maximum absolute atomic E-state index is 5.98. The van der Waals surface area contributed by atoms with Crippen LogP contribution in [0.2, 0.25) is 0 Å². The maximum atomic E-state index is 5.98. The predicted molar refractivity (Wildman–Crippen MR) is 52.2 cm³/mol. The molecule has 0 spiro atoms. The Bertz CT molecular complexity index is 133. The van der Waals surface area contributed by atoms with Crippen LogP contribution in [0.15, 0.2) is 0 Å². The van der Waals surface area contributed by atoms with Crippen molar-refractivity contribution in [1.82, 2.24) is 0 Å². The lowest BCUT2D eigenvalue weighted by atomic mass is 9.88. The molecule has 12 heavy (non-hydrogen) atoms. The van der Waals surface area contributed by atoms with Gasteiger partial charge in [0.05, 0.1) is 12.2 Å². The summed E-state index contributed by atoms with van der Waals surface area (Å²) in [6, 6.07) is 0. The quantitative estimate of drug-likeness (QED) is 0.632. The summed E-state index contributed by atoms with van der Waals surface area (Å²) in [5.41, 5.74) is 0. The van der Waals surface area contributed by atoms with Crippen LogP contribution in [0.5, 0.6) is 0 Å². The number of hydrogen-bond donors (Lipinski definition) is 0. The summed E-state index contributed by atoms with van der Waals surface area (Å²) in [5.74, 6) is 1.52. The van der Waals surface area contributed by atoms with Gasteiger partial charge in [-0.1, -0.05) is 34.1 Å². The Kier molecular flexibility index (Phi) is 3.57. The molecular formula is C11H22O. The highest BCUT2D eigenvalue weighted by atomic mass is 16.5. The number of ether oxygens (including phenoxy) is 1. The second-order valence-electron chi connectivity index (χ2n) is 4.13. The van der Waals surface area contributed by atoms with Gasteiger partial charge in [0.1, 0.15) is 0 Å². The Balaban J connectivity index is 2.48. The molecule has 0 amide bonds. The molecule has 1 nitrogen and oxygen atoms in total. The lowest BCUT2D eigenvalue weighted by Gasteiger charge is -2.14. The van der Waals surface area contributed by atoms with Crippen LogP contribution >= 0.6 is 0 Å². The molecule has 1 fully saturated rings. The van der Waals surface area contributed by atoms with Crippen molar-refractivity contribution in [2.75, 3.05) is 0 Å². The zero-order valence-electron chi connectivity index (χ0n) is 8.84. The molecule has 0 aliphatic carbocycles. The lowest BCUT2D eigenvalue weighted by Crippen LogP contribution is -2.15. The van der Waals surface area contributed by atoms with E-state index in [-0.39, 0.29) is 0 Å². The van der Waals surface area contributed by atoms with Gasteiger partial charge >= 0.3 is 0 Å². The van der Waals surface area contributed by atoms with Gasteiger partial charge < -0.3 is 4.74 Å². The summed E-state index contributed by atoms with van der Waals surface area (Å²) in [7, 11) is 0. The van der Waals surface area contributed by atoms with Crippen molar-refractivity contribution in [2.24, 2.45) is 11.8 Å². The molecule has 1 aliphatic heterocycles. The van der Waals surface area contributed by atoms with Crippen molar-refractivity contribution in [3.8, 4) is 0 Å². The van der Waals surface area contributed by atoms with Crippen molar-refractivity contribution in [2.45, 2.75) is 59.2 Å². The van der Waals surface area contributed by atoms with Crippen LogP contribution in [0.1, 0.15) is 47.0 Å². The van der Waals surface area contributed by atoms with E-state index in [1.807, 2.05) is 0 Å². The normalized spacial score (nSPS) is 42.0. The van der Waals surface area contributed by atoms with Gasteiger partial charge in [0, 0.05) is 0 Å². The largest absolute Gasteiger partial charge is 0.374 e. The van der Waals surface area contributed by atoms with Gasteiger partial charge in [0.15, 0.2) is 0 Å². The first-order chi connectivity index (χ1) is 5.70. The van der Waals surface area contributed by atoms with E-state index in [1.54, 1.807) is 0 Å². The van der Waals surface area contributed by atoms with Crippen LogP contribution in [0, 0.1) is 11.8 Å². The van der Waals surface area contributed by atoms with E-state index in [1.165, 1.54) is 19.3 Å². The summed E-state index contributed by atoms with van der Waals surface area (Å²) < 4.78 is 5.98. The standard InChI is InChI=1S/C11H22O/c1-5-7-11-9(4)8(3)10(6-2)12-11/h8-11H,5-7H2,1-4H3/t8-,9?,10-,11+/m1/s1. The third-order valence-electron chi connectivity index (χ3n) is 3.33. The Hall–Kier alpha value is -0.0400. The molecule has 0 saturated carbocycles. The molecule has 1 aliphatic rings. The van der Waals surface area contributed by atoms with E-state index >= 15 is 0 Å². The molecular weight excluding hydrogens is 148 g/mol. The minimum atomic E-state index is 0.525. The highest BCUT2D eigenvalue weighted by Gasteiger charge is 2.36. The summed E-state index contributed by atoms with van der Waals surface area (Å²) >= 11 is 0. The molecule has 0 aromatic heterocycles. The molecule has 0 bridgehead atoms. The Morgan fingerprint density at radius 1 is 1.00 bits per heavy atom. The van der Waals surface area contributed by atoms with Crippen LogP contribution in [-0.4, -0.2) is 12.2 Å². The van der Waals surface area contributed by atoms with Crippen molar-refractivity contribution < 1.29 is 4.74 Å². The molecule has 1 heterocycles. The molecule has 0 radical (unpaired) electrons. The zero-order chi connectivity index (χ0) is 9.14. The third kappa shape index (κ3) is 1.82. The maximum Gasteiger partial charge on any atom is 0.0607 e. The molecule has 1 rings (SSSR count). The van der Waals surface area contributed by atoms with Crippen LogP contribution in [0.25, 0.3) is 0 Å². The summed E-state index contributed by atoms with van der Waals surface area (Å²) in [4.78, 5) is 0. The van der Waals surface area contributed by atoms with E-state index in [9.17, 15) is 0 Å². The van der Waals surface area contributed by atoms with Gasteiger partial charge in [0.2, 0.25) is 0 Å². The molecule has 4 atom stereocenters. The second-order valence-corrected chi connectivity index (χ2v) is 4.13. The average Bonchev–Trinajstić information content (AvgIpc) is 2.33. The summed E-state index contributed by atoms with van der Waals surface area (Å²) in [5, 5.41) is 0. The van der Waals surface area contributed by atoms with Gasteiger partial charge in [-0.3, -0.25) is 0 Å². The molecule has 1 unspecified atom stereocenters. The second kappa shape index (κ2) is 4.27. The lowest BCUT2D eigenvalue weighted by molar-refractivity contribution is 0.0243. The molecule has 1 heteroatoms. The van der Waals surface area contributed by atoms with Crippen molar-refractivity contribution in [3.63, 3.8) is 0 Å². The Morgan fingerprint density at radius 3 is 2.00 bits per heavy atom. The van der Waals surface area contributed by atoms with E-state index in [0.29, 0.717) is 12.2 Å². The van der Waals surface area contributed by atoms with Crippen LogP contribution in [0.3, 0.4) is 0 Å². The molecule has 0 N–H and O–H groups in total. The fourth-order valence-corrected chi connectivity index (χ4v) is 2.23.